The first-order chi connectivity index (χ1) is 16.1. The Balaban J connectivity index is 1.22. The molecule has 8 heteroatoms. The van der Waals surface area contributed by atoms with E-state index in [1.165, 1.54) is 23.5 Å². The molecular formula is C25H30F2N4OS. The van der Waals surface area contributed by atoms with E-state index in [1.54, 1.807) is 0 Å². The highest BCUT2D eigenvalue weighted by atomic mass is 32.1. The molecule has 1 aliphatic rings. The summed E-state index contributed by atoms with van der Waals surface area (Å²) < 4.78 is 34.8. The van der Waals surface area contributed by atoms with Crippen molar-refractivity contribution in [1.82, 2.24) is 15.0 Å². The molecule has 1 saturated heterocycles. The van der Waals surface area contributed by atoms with E-state index < -0.39 is 11.6 Å². The van der Waals surface area contributed by atoms with Gasteiger partial charge in [-0.2, -0.15) is 0 Å². The highest BCUT2D eigenvalue weighted by molar-refractivity contribution is 7.13. The molecule has 3 heterocycles. The van der Waals surface area contributed by atoms with Gasteiger partial charge in [-0.3, -0.25) is 0 Å². The number of rotatable bonds is 9. The standard InChI is InChI=1S/C25H30F2N4OS/c1-3-17-14-28-25(29-15-17)31-9-7-18(8-10-31)6-5-11-32-20-12-21(26)23(22(27)13-20)24-30-19(4-2)16-33-24/h12-16,18H,3-11H2,1-2H3. The third-order valence-electron chi connectivity index (χ3n) is 6.17. The molecule has 0 aliphatic carbocycles. The van der Waals surface area contributed by atoms with Crippen molar-refractivity contribution in [3.05, 3.63) is 52.8 Å². The van der Waals surface area contributed by atoms with Crippen molar-refractivity contribution in [1.29, 1.82) is 0 Å². The molecule has 1 aromatic carbocycles. The van der Waals surface area contributed by atoms with Gasteiger partial charge in [-0.05, 0) is 50.0 Å². The van der Waals surface area contributed by atoms with E-state index in [1.807, 2.05) is 24.7 Å². The van der Waals surface area contributed by atoms with Crippen LogP contribution < -0.4 is 9.64 Å². The molecule has 33 heavy (non-hydrogen) atoms. The monoisotopic (exact) mass is 472 g/mol. The van der Waals surface area contributed by atoms with Gasteiger partial charge in [-0.15, -0.1) is 11.3 Å². The summed E-state index contributed by atoms with van der Waals surface area (Å²) in [6.07, 6.45) is 9.55. The number of hydrogen-bond donors (Lipinski definition) is 0. The van der Waals surface area contributed by atoms with Gasteiger partial charge in [-0.25, -0.2) is 23.7 Å². The number of thiazole rings is 1. The molecule has 0 atom stereocenters. The second-order valence-corrected chi connectivity index (χ2v) is 9.28. The van der Waals surface area contributed by atoms with Crippen LogP contribution in [-0.4, -0.2) is 34.6 Å². The van der Waals surface area contributed by atoms with E-state index in [9.17, 15) is 8.78 Å². The van der Waals surface area contributed by atoms with E-state index in [2.05, 4.69) is 26.8 Å². The molecule has 176 valence electrons. The highest BCUT2D eigenvalue weighted by Gasteiger charge is 2.21. The summed E-state index contributed by atoms with van der Waals surface area (Å²) in [5.41, 5.74) is 1.91. The summed E-state index contributed by atoms with van der Waals surface area (Å²) in [5, 5.41) is 2.20. The van der Waals surface area contributed by atoms with Crippen LogP contribution in [0, 0.1) is 17.6 Å². The second kappa shape index (κ2) is 11.0. The van der Waals surface area contributed by atoms with E-state index in [-0.39, 0.29) is 11.3 Å². The Bertz CT molecular complexity index is 1030. The molecule has 1 aliphatic heterocycles. The van der Waals surface area contributed by atoms with Gasteiger partial charge in [0, 0.05) is 43.0 Å². The normalized spacial score (nSPS) is 14.6. The zero-order valence-electron chi connectivity index (χ0n) is 19.2. The van der Waals surface area contributed by atoms with Crippen LogP contribution >= 0.6 is 11.3 Å². The summed E-state index contributed by atoms with van der Waals surface area (Å²) in [4.78, 5) is 15.5. The van der Waals surface area contributed by atoms with Crippen molar-refractivity contribution in [3.63, 3.8) is 0 Å². The Morgan fingerprint density at radius 1 is 1.06 bits per heavy atom. The number of nitrogens with zero attached hydrogens (tertiary/aromatic N) is 4. The lowest BCUT2D eigenvalue weighted by Crippen LogP contribution is -2.35. The lowest BCUT2D eigenvalue weighted by molar-refractivity contribution is 0.277. The van der Waals surface area contributed by atoms with Crippen LogP contribution in [0.4, 0.5) is 14.7 Å². The number of piperidine rings is 1. The summed E-state index contributed by atoms with van der Waals surface area (Å²) in [6.45, 7) is 6.40. The minimum atomic E-state index is -0.636. The van der Waals surface area contributed by atoms with Crippen molar-refractivity contribution in [2.24, 2.45) is 5.92 Å². The molecule has 2 aromatic heterocycles. The molecule has 0 bridgehead atoms. The van der Waals surface area contributed by atoms with Gasteiger partial charge in [-0.1, -0.05) is 13.8 Å². The Morgan fingerprint density at radius 2 is 1.76 bits per heavy atom. The summed E-state index contributed by atoms with van der Waals surface area (Å²) in [6, 6.07) is 2.52. The zero-order chi connectivity index (χ0) is 23.2. The molecule has 0 saturated carbocycles. The Kier molecular flexibility index (Phi) is 7.85. The van der Waals surface area contributed by atoms with E-state index in [0.717, 1.165) is 68.8 Å². The lowest BCUT2D eigenvalue weighted by atomic mass is 9.92. The van der Waals surface area contributed by atoms with Crippen LogP contribution in [-0.2, 0) is 12.8 Å². The summed E-state index contributed by atoms with van der Waals surface area (Å²) >= 11 is 1.26. The molecule has 0 N–H and O–H groups in total. The van der Waals surface area contributed by atoms with Crippen LogP contribution in [0.1, 0.15) is 50.8 Å². The molecule has 1 fully saturated rings. The number of hydrogen-bond acceptors (Lipinski definition) is 6. The quantitative estimate of drug-likeness (QED) is 0.353. The molecule has 4 rings (SSSR count). The molecular weight excluding hydrogens is 442 g/mol. The van der Waals surface area contributed by atoms with E-state index in [0.29, 0.717) is 17.5 Å². The smallest absolute Gasteiger partial charge is 0.225 e. The van der Waals surface area contributed by atoms with Gasteiger partial charge >= 0.3 is 0 Å². The number of halogens is 2. The summed E-state index contributed by atoms with van der Waals surface area (Å²) in [5.74, 6) is 0.383. The van der Waals surface area contributed by atoms with Crippen LogP contribution in [0.25, 0.3) is 10.6 Å². The van der Waals surface area contributed by atoms with Crippen molar-refractivity contribution in [3.8, 4) is 16.3 Å². The minimum absolute atomic E-state index is 0.0767. The maximum atomic E-state index is 14.6. The predicted octanol–water partition coefficient (Wildman–Crippen LogP) is 6.08. The fourth-order valence-electron chi connectivity index (χ4n) is 4.10. The Hall–Kier alpha value is -2.61. The Labute approximate surface area is 197 Å². The SMILES string of the molecule is CCc1cnc(N2CCC(CCCOc3cc(F)c(-c4nc(CC)cs4)c(F)c3)CC2)nc1. The van der Waals surface area contributed by atoms with Gasteiger partial charge in [0.15, 0.2) is 0 Å². The van der Waals surface area contributed by atoms with Crippen LogP contribution in [0.2, 0.25) is 0 Å². The summed E-state index contributed by atoms with van der Waals surface area (Å²) in [7, 11) is 0. The van der Waals surface area contributed by atoms with Gasteiger partial charge in [0.05, 0.1) is 17.9 Å². The van der Waals surface area contributed by atoms with Gasteiger partial charge in [0.25, 0.3) is 0 Å². The number of benzene rings is 1. The zero-order valence-corrected chi connectivity index (χ0v) is 20.0. The topological polar surface area (TPSA) is 51.1 Å². The molecule has 3 aromatic rings. The molecule has 0 radical (unpaired) electrons. The average Bonchev–Trinajstić information content (AvgIpc) is 3.31. The van der Waals surface area contributed by atoms with Gasteiger partial charge < -0.3 is 9.64 Å². The second-order valence-electron chi connectivity index (χ2n) is 8.43. The maximum Gasteiger partial charge on any atom is 0.225 e. The molecule has 0 spiro atoms. The van der Waals surface area contributed by atoms with Gasteiger partial charge in [0.2, 0.25) is 5.95 Å². The van der Waals surface area contributed by atoms with Crippen LogP contribution in [0.3, 0.4) is 0 Å². The lowest BCUT2D eigenvalue weighted by Gasteiger charge is -2.32. The van der Waals surface area contributed by atoms with Crippen molar-refractivity contribution in [2.45, 2.75) is 52.4 Å². The van der Waals surface area contributed by atoms with Crippen molar-refractivity contribution in [2.75, 3.05) is 24.6 Å². The number of anilines is 1. The number of aryl methyl sites for hydroxylation is 2. The minimum Gasteiger partial charge on any atom is -0.493 e. The predicted molar refractivity (Wildman–Crippen MR) is 128 cm³/mol. The first-order valence-electron chi connectivity index (χ1n) is 11.7. The third kappa shape index (κ3) is 5.85. The largest absolute Gasteiger partial charge is 0.493 e. The fraction of sp³-hybridized carbons (Fsp3) is 0.480. The third-order valence-corrected chi connectivity index (χ3v) is 7.07. The first kappa shape index (κ1) is 23.5. The first-order valence-corrected chi connectivity index (χ1v) is 12.6. The molecule has 5 nitrogen and oxygen atoms in total. The maximum absolute atomic E-state index is 14.6. The van der Waals surface area contributed by atoms with Crippen molar-refractivity contribution >= 4 is 17.3 Å². The van der Waals surface area contributed by atoms with Gasteiger partial charge in [0.1, 0.15) is 22.4 Å². The molecule has 0 amide bonds. The van der Waals surface area contributed by atoms with Crippen molar-refractivity contribution < 1.29 is 13.5 Å². The van der Waals surface area contributed by atoms with E-state index in [4.69, 9.17) is 4.74 Å². The highest BCUT2D eigenvalue weighted by Crippen LogP contribution is 2.32. The average molecular weight is 473 g/mol. The van der Waals surface area contributed by atoms with Crippen LogP contribution in [0.15, 0.2) is 29.9 Å². The Morgan fingerprint density at radius 3 is 2.36 bits per heavy atom. The fourth-order valence-corrected chi connectivity index (χ4v) is 5.05. The number of aromatic nitrogens is 3. The number of ether oxygens (including phenoxy) is 1. The van der Waals surface area contributed by atoms with Crippen LogP contribution in [0.5, 0.6) is 5.75 Å². The molecule has 0 unspecified atom stereocenters. The van der Waals surface area contributed by atoms with E-state index >= 15 is 0 Å².